The summed E-state index contributed by atoms with van der Waals surface area (Å²) in [5.41, 5.74) is 5.80. The third-order valence-electron chi connectivity index (χ3n) is 5.11. The first-order valence-corrected chi connectivity index (χ1v) is 11.4. The largest absolute Gasteiger partial charge is 0.323 e. The smallest absolute Gasteiger partial charge is 0.234 e. The number of nitrogens with one attached hydrogen (secondary N) is 1. The van der Waals surface area contributed by atoms with E-state index in [0.717, 1.165) is 38.8 Å². The number of carbonyl (C=O) groups is 1. The van der Waals surface area contributed by atoms with Gasteiger partial charge in [-0.25, -0.2) is 9.38 Å². The Balaban J connectivity index is 1.59. The minimum atomic E-state index is -0.463. The molecule has 1 amide bonds. The molecule has 0 unspecified atom stereocenters. The van der Waals surface area contributed by atoms with Crippen LogP contribution in [0.15, 0.2) is 70.6 Å². The van der Waals surface area contributed by atoms with Crippen LogP contribution in [0.5, 0.6) is 0 Å². The van der Waals surface area contributed by atoms with E-state index >= 15 is 0 Å². The van der Waals surface area contributed by atoms with Crippen LogP contribution in [0.3, 0.4) is 0 Å². The van der Waals surface area contributed by atoms with Crippen LogP contribution < -0.4 is 5.32 Å². The zero-order valence-electron chi connectivity index (χ0n) is 17.7. The Morgan fingerprint density at radius 3 is 2.38 bits per heavy atom. The maximum absolute atomic E-state index is 13.8. The van der Waals surface area contributed by atoms with Crippen molar-refractivity contribution in [3.63, 3.8) is 0 Å². The first-order chi connectivity index (χ1) is 15.4. The highest BCUT2D eigenvalue weighted by molar-refractivity contribution is 8.14. The van der Waals surface area contributed by atoms with Crippen LogP contribution in [0.25, 0.3) is 0 Å². The number of hydrogen-bond acceptors (Lipinski definition) is 4. The van der Waals surface area contributed by atoms with Crippen LogP contribution in [0.2, 0.25) is 5.02 Å². The molecule has 0 spiro atoms. The summed E-state index contributed by atoms with van der Waals surface area (Å²) in [6.07, 6.45) is 0.478. The highest BCUT2D eigenvalue weighted by Gasteiger charge is 2.18. The molecule has 0 aliphatic carbocycles. The molecule has 0 atom stereocenters. The van der Waals surface area contributed by atoms with Crippen LogP contribution in [-0.2, 0) is 4.79 Å². The molecule has 1 aliphatic rings. The lowest BCUT2D eigenvalue weighted by Crippen LogP contribution is -2.17. The highest BCUT2D eigenvalue weighted by Crippen LogP contribution is 2.36. The number of amides is 1. The van der Waals surface area contributed by atoms with Crippen molar-refractivity contribution in [2.24, 2.45) is 9.98 Å². The molecule has 0 saturated heterocycles. The summed E-state index contributed by atoms with van der Waals surface area (Å²) < 4.78 is 13.8. The van der Waals surface area contributed by atoms with Gasteiger partial charge in [-0.3, -0.25) is 9.79 Å². The first-order valence-electron chi connectivity index (χ1n) is 10.1. The van der Waals surface area contributed by atoms with Crippen molar-refractivity contribution in [2.75, 3.05) is 11.1 Å². The van der Waals surface area contributed by atoms with Crippen molar-refractivity contribution < 1.29 is 9.18 Å². The van der Waals surface area contributed by atoms with Crippen molar-refractivity contribution in [3.8, 4) is 0 Å². The molecule has 7 heteroatoms. The number of rotatable bonds is 4. The molecule has 3 aromatic carbocycles. The van der Waals surface area contributed by atoms with Gasteiger partial charge in [-0.05, 0) is 66.9 Å². The van der Waals surface area contributed by atoms with Crippen LogP contribution in [0.1, 0.15) is 23.1 Å². The number of para-hydroxylation sites is 1. The van der Waals surface area contributed by atoms with E-state index in [0.29, 0.717) is 11.4 Å². The van der Waals surface area contributed by atoms with Crippen LogP contribution in [0, 0.1) is 19.7 Å². The van der Waals surface area contributed by atoms with Gasteiger partial charge in [0, 0.05) is 11.4 Å². The number of thioether (sulfide) groups is 1. The lowest BCUT2D eigenvalue weighted by molar-refractivity contribution is -0.113. The van der Waals surface area contributed by atoms with E-state index in [1.165, 1.54) is 23.9 Å². The average Bonchev–Trinajstić information content (AvgIpc) is 2.94. The van der Waals surface area contributed by atoms with Gasteiger partial charge in [0.05, 0.1) is 33.6 Å². The zero-order chi connectivity index (χ0) is 22.7. The van der Waals surface area contributed by atoms with E-state index in [-0.39, 0.29) is 17.3 Å². The summed E-state index contributed by atoms with van der Waals surface area (Å²) in [6, 6.07) is 17.7. The summed E-state index contributed by atoms with van der Waals surface area (Å²) in [6.45, 7) is 4.08. The Hall–Kier alpha value is -2.96. The van der Waals surface area contributed by atoms with E-state index in [2.05, 4.69) is 5.32 Å². The summed E-state index contributed by atoms with van der Waals surface area (Å²) in [5, 5.41) is 4.04. The zero-order valence-corrected chi connectivity index (χ0v) is 19.2. The fourth-order valence-electron chi connectivity index (χ4n) is 3.26. The van der Waals surface area contributed by atoms with Crippen molar-refractivity contribution in [1.29, 1.82) is 0 Å². The van der Waals surface area contributed by atoms with Gasteiger partial charge < -0.3 is 5.32 Å². The molecule has 32 heavy (non-hydrogen) atoms. The minimum Gasteiger partial charge on any atom is -0.323 e. The molecule has 0 fully saturated rings. The van der Waals surface area contributed by atoms with Gasteiger partial charge in [0.25, 0.3) is 0 Å². The van der Waals surface area contributed by atoms with Gasteiger partial charge in [0.2, 0.25) is 5.91 Å². The second-order valence-corrected chi connectivity index (χ2v) is 8.97. The fourth-order valence-corrected chi connectivity index (χ4v) is 4.15. The third-order valence-corrected chi connectivity index (χ3v) is 6.33. The Labute approximate surface area is 195 Å². The number of fused-ring (bicyclic) bond motifs is 1. The Morgan fingerprint density at radius 2 is 1.69 bits per heavy atom. The lowest BCUT2D eigenvalue weighted by Gasteiger charge is -2.09. The van der Waals surface area contributed by atoms with Crippen molar-refractivity contribution >= 4 is 57.1 Å². The second kappa shape index (κ2) is 9.67. The number of aliphatic imine (C=N–C) groups is 2. The topological polar surface area (TPSA) is 53.8 Å². The number of benzene rings is 3. The van der Waals surface area contributed by atoms with Crippen molar-refractivity contribution in [3.05, 3.63) is 88.2 Å². The Morgan fingerprint density at radius 1 is 1.03 bits per heavy atom. The third kappa shape index (κ3) is 5.26. The standard InChI is InChI=1S/C25H21ClFN3OS/c1-15-11-22-23(12-16(15)2)30-25(13-21(28-22)17-7-9-18(26)10-8-17)32-14-24(31)29-20-6-4-3-5-19(20)27/h3-12H,13-14H2,1-2H3,(H,29,31). The maximum Gasteiger partial charge on any atom is 0.234 e. The molecule has 4 nitrogen and oxygen atoms in total. The molecule has 0 saturated carbocycles. The number of nitrogens with zero attached hydrogens (tertiary/aromatic N) is 2. The number of anilines is 1. The van der Waals surface area contributed by atoms with E-state index in [9.17, 15) is 9.18 Å². The maximum atomic E-state index is 13.8. The minimum absolute atomic E-state index is 0.112. The number of aryl methyl sites for hydroxylation is 2. The Kier molecular flexibility index (Phi) is 6.72. The molecule has 0 aromatic heterocycles. The summed E-state index contributed by atoms with van der Waals surface area (Å²) in [5.74, 6) is -0.645. The first kappa shape index (κ1) is 22.2. The fraction of sp³-hybridized carbons (Fsp3) is 0.160. The van der Waals surface area contributed by atoms with Gasteiger partial charge in [-0.1, -0.05) is 35.9 Å². The normalized spacial score (nSPS) is 13.0. The average molecular weight is 466 g/mol. The molecule has 0 bridgehead atoms. The number of halogens is 2. The van der Waals surface area contributed by atoms with Crippen LogP contribution in [-0.4, -0.2) is 22.4 Å². The van der Waals surface area contributed by atoms with Gasteiger partial charge in [0.1, 0.15) is 5.82 Å². The second-order valence-electron chi connectivity index (χ2n) is 7.49. The predicted molar refractivity (Wildman–Crippen MR) is 133 cm³/mol. The molecule has 1 N–H and O–H groups in total. The van der Waals surface area contributed by atoms with Crippen LogP contribution >= 0.6 is 23.4 Å². The molecular weight excluding hydrogens is 445 g/mol. The molecule has 1 heterocycles. The quantitative estimate of drug-likeness (QED) is 0.450. The van der Waals surface area contributed by atoms with E-state index < -0.39 is 5.82 Å². The molecule has 4 rings (SSSR count). The SMILES string of the molecule is Cc1cc2c(cc1C)N=C(c1ccc(Cl)cc1)CC(SCC(=O)Nc1ccccc1F)=N2. The van der Waals surface area contributed by atoms with Crippen molar-refractivity contribution in [1.82, 2.24) is 0 Å². The number of carbonyl (C=O) groups excluding carboxylic acids is 1. The van der Waals surface area contributed by atoms with Crippen molar-refractivity contribution in [2.45, 2.75) is 20.3 Å². The van der Waals surface area contributed by atoms with Crippen LogP contribution in [0.4, 0.5) is 21.5 Å². The monoisotopic (exact) mass is 465 g/mol. The summed E-state index contributed by atoms with van der Waals surface area (Å²) in [7, 11) is 0. The summed E-state index contributed by atoms with van der Waals surface area (Å²) in [4.78, 5) is 22.1. The molecular formula is C25H21ClFN3OS. The molecule has 3 aromatic rings. The number of hydrogen-bond donors (Lipinski definition) is 1. The van der Waals surface area contributed by atoms with E-state index in [1.807, 2.05) is 50.2 Å². The summed E-state index contributed by atoms with van der Waals surface area (Å²) >= 11 is 7.38. The predicted octanol–water partition coefficient (Wildman–Crippen LogP) is 7.02. The molecule has 1 aliphatic heterocycles. The highest BCUT2D eigenvalue weighted by atomic mass is 35.5. The van der Waals surface area contributed by atoms with E-state index in [4.69, 9.17) is 21.6 Å². The van der Waals surface area contributed by atoms with E-state index in [1.54, 1.807) is 12.1 Å². The molecule has 0 radical (unpaired) electrons. The lowest BCUT2D eigenvalue weighted by atomic mass is 10.1. The van der Waals surface area contributed by atoms with Gasteiger partial charge in [0.15, 0.2) is 0 Å². The molecule has 162 valence electrons. The van der Waals surface area contributed by atoms with Gasteiger partial charge >= 0.3 is 0 Å². The Bertz CT molecular complexity index is 1240. The van der Waals surface area contributed by atoms with Gasteiger partial charge in [-0.2, -0.15) is 0 Å². The van der Waals surface area contributed by atoms with Gasteiger partial charge in [-0.15, -0.1) is 11.8 Å².